The van der Waals surface area contributed by atoms with Gasteiger partial charge in [0.1, 0.15) is 0 Å². The minimum atomic E-state index is -3.37. The summed E-state index contributed by atoms with van der Waals surface area (Å²) in [4.78, 5) is 0.331. The van der Waals surface area contributed by atoms with Crippen molar-refractivity contribution in [3.05, 3.63) is 24.3 Å². The van der Waals surface area contributed by atoms with Crippen LogP contribution >= 0.6 is 0 Å². The highest BCUT2D eigenvalue weighted by molar-refractivity contribution is 7.89. The summed E-state index contributed by atoms with van der Waals surface area (Å²) in [6, 6.07) is 6.41. The van der Waals surface area contributed by atoms with Gasteiger partial charge in [-0.2, -0.15) is 4.31 Å². The summed E-state index contributed by atoms with van der Waals surface area (Å²) < 4.78 is 26.5. The van der Waals surface area contributed by atoms with E-state index in [1.165, 1.54) is 0 Å². The third-order valence-electron chi connectivity index (χ3n) is 3.35. The molecular formula is C13H20N2O2S. The molecule has 0 saturated carbocycles. The first-order valence-corrected chi connectivity index (χ1v) is 7.69. The fraction of sp³-hybridized carbons (Fsp3) is 0.538. The van der Waals surface area contributed by atoms with Gasteiger partial charge in [0.25, 0.3) is 0 Å². The van der Waals surface area contributed by atoms with Crippen LogP contribution in [0.1, 0.15) is 20.3 Å². The van der Waals surface area contributed by atoms with Crippen LogP contribution in [0.4, 0.5) is 5.69 Å². The predicted molar refractivity (Wildman–Crippen MR) is 72.6 cm³/mol. The number of anilines is 1. The van der Waals surface area contributed by atoms with E-state index in [1.807, 2.05) is 0 Å². The topological polar surface area (TPSA) is 63.4 Å². The standard InChI is InChI=1S/C13H20N2O2S/c1-10-7-11(2)9-15(8-10)18(16,17)13-5-3-12(14)4-6-13/h3-6,10-11H,7-9,14H2,1-2H3/t10-,11-/m0/s1. The third kappa shape index (κ3) is 2.67. The van der Waals surface area contributed by atoms with Crippen LogP contribution < -0.4 is 5.73 Å². The average Bonchev–Trinajstić information content (AvgIpc) is 2.28. The monoisotopic (exact) mass is 268 g/mol. The molecule has 100 valence electrons. The van der Waals surface area contributed by atoms with Crippen LogP contribution in [0.25, 0.3) is 0 Å². The van der Waals surface area contributed by atoms with Crippen LogP contribution in [0, 0.1) is 11.8 Å². The van der Waals surface area contributed by atoms with E-state index >= 15 is 0 Å². The van der Waals surface area contributed by atoms with E-state index in [4.69, 9.17) is 5.73 Å². The largest absolute Gasteiger partial charge is 0.399 e. The van der Waals surface area contributed by atoms with Crippen molar-refractivity contribution in [1.82, 2.24) is 4.31 Å². The molecule has 1 heterocycles. The third-order valence-corrected chi connectivity index (χ3v) is 5.20. The molecule has 0 unspecified atom stereocenters. The van der Waals surface area contributed by atoms with Gasteiger partial charge in [-0.3, -0.25) is 0 Å². The molecular weight excluding hydrogens is 248 g/mol. The van der Waals surface area contributed by atoms with Crippen molar-refractivity contribution >= 4 is 15.7 Å². The molecule has 4 nitrogen and oxygen atoms in total. The first-order chi connectivity index (χ1) is 8.39. The predicted octanol–water partition coefficient (Wildman–Crippen LogP) is 1.94. The van der Waals surface area contributed by atoms with Gasteiger partial charge in [-0.15, -0.1) is 0 Å². The van der Waals surface area contributed by atoms with Crippen LogP contribution in [-0.2, 0) is 10.0 Å². The van der Waals surface area contributed by atoms with Crippen LogP contribution in [0.3, 0.4) is 0 Å². The Balaban J connectivity index is 2.28. The Labute approximate surface area is 109 Å². The van der Waals surface area contributed by atoms with Gasteiger partial charge in [-0.05, 0) is 42.5 Å². The van der Waals surface area contributed by atoms with E-state index in [9.17, 15) is 8.42 Å². The van der Waals surface area contributed by atoms with Crippen molar-refractivity contribution in [2.45, 2.75) is 25.2 Å². The second-order valence-electron chi connectivity index (χ2n) is 5.34. The van der Waals surface area contributed by atoms with E-state index in [-0.39, 0.29) is 0 Å². The highest BCUT2D eigenvalue weighted by Crippen LogP contribution is 2.26. The second-order valence-corrected chi connectivity index (χ2v) is 7.28. The maximum atomic E-state index is 12.5. The Hall–Kier alpha value is -1.07. The molecule has 1 saturated heterocycles. The number of hydrogen-bond acceptors (Lipinski definition) is 3. The Morgan fingerprint density at radius 3 is 2.11 bits per heavy atom. The summed E-state index contributed by atoms with van der Waals surface area (Å²) in [5.41, 5.74) is 6.16. The summed E-state index contributed by atoms with van der Waals surface area (Å²) in [6.07, 6.45) is 1.09. The number of nitrogens with two attached hydrogens (primary N) is 1. The van der Waals surface area contributed by atoms with E-state index < -0.39 is 10.0 Å². The lowest BCUT2D eigenvalue weighted by molar-refractivity contribution is 0.222. The molecule has 1 aromatic carbocycles. The SMILES string of the molecule is C[C@H]1C[C@H](C)CN(S(=O)(=O)c2ccc(N)cc2)C1. The molecule has 0 bridgehead atoms. The maximum Gasteiger partial charge on any atom is 0.243 e. The second kappa shape index (κ2) is 4.90. The lowest BCUT2D eigenvalue weighted by Gasteiger charge is -2.34. The zero-order valence-electron chi connectivity index (χ0n) is 10.8. The van der Waals surface area contributed by atoms with E-state index in [2.05, 4.69) is 13.8 Å². The number of nitrogens with zero attached hydrogens (tertiary/aromatic N) is 1. The van der Waals surface area contributed by atoms with Crippen LogP contribution in [0.15, 0.2) is 29.2 Å². The molecule has 0 aromatic heterocycles. The molecule has 2 N–H and O–H groups in total. The number of rotatable bonds is 2. The van der Waals surface area contributed by atoms with Gasteiger partial charge in [0.15, 0.2) is 0 Å². The Morgan fingerprint density at radius 2 is 1.61 bits per heavy atom. The van der Waals surface area contributed by atoms with Crippen molar-refractivity contribution in [2.24, 2.45) is 11.8 Å². The van der Waals surface area contributed by atoms with Crippen molar-refractivity contribution in [2.75, 3.05) is 18.8 Å². The van der Waals surface area contributed by atoms with Gasteiger partial charge in [0.05, 0.1) is 4.90 Å². The summed E-state index contributed by atoms with van der Waals surface area (Å²) in [7, 11) is -3.37. The van der Waals surface area contributed by atoms with Crippen LogP contribution in [0.2, 0.25) is 0 Å². The van der Waals surface area contributed by atoms with Crippen molar-refractivity contribution < 1.29 is 8.42 Å². The van der Waals surface area contributed by atoms with Gasteiger partial charge < -0.3 is 5.73 Å². The van der Waals surface area contributed by atoms with E-state index in [0.717, 1.165) is 6.42 Å². The molecule has 1 aromatic rings. The Morgan fingerprint density at radius 1 is 1.11 bits per heavy atom. The minimum Gasteiger partial charge on any atom is -0.399 e. The van der Waals surface area contributed by atoms with E-state index in [1.54, 1.807) is 28.6 Å². The first-order valence-electron chi connectivity index (χ1n) is 6.25. The number of nitrogen functional groups attached to an aromatic ring is 1. The zero-order chi connectivity index (χ0) is 13.3. The molecule has 0 amide bonds. The molecule has 5 heteroatoms. The highest BCUT2D eigenvalue weighted by Gasteiger charge is 2.31. The van der Waals surface area contributed by atoms with Crippen molar-refractivity contribution in [3.8, 4) is 0 Å². The van der Waals surface area contributed by atoms with E-state index in [0.29, 0.717) is 35.5 Å². The fourth-order valence-corrected chi connectivity index (χ4v) is 4.27. The molecule has 1 aliphatic heterocycles. The van der Waals surface area contributed by atoms with Gasteiger partial charge in [0, 0.05) is 18.8 Å². The van der Waals surface area contributed by atoms with Gasteiger partial charge in [0.2, 0.25) is 10.0 Å². The van der Waals surface area contributed by atoms with Gasteiger partial charge in [-0.25, -0.2) is 8.42 Å². The fourth-order valence-electron chi connectivity index (χ4n) is 2.59. The lowest BCUT2D eigenvalue weighted by Crippen LogP contribution is -2.42. The van der Waals surface area contributed by atoms with Gasteiger partial charge >= 0.3 is 0 Å². The summed E-state index contributed by atoms with van der Waals surface area (Å²) in [5, 5.41) is 0. The molecule has 0 radical (unpaired) electrons. The molecule has 1 fully saturated rings. The number of benzene rings is 1. The Kier molecular flexibility index (Phi) is 3.64. The zero-order valence-corrected chi connectivity index (χ0v) is 11.7. The molecule has 0 spiro atoms. The summed E-state index contributed by atoms with van der Waals surface area (Å²) in [5.74, 6) is 0.828. The Bertz CT molecular complexity index is 500. The quantitative estimate of drug-likeness (QED) is 0.834. The molecule has 1 aliphatic rings. The summed E-state index contributed by atoms with van der Waals surface area (Å²) >= 11 is 0. The molecule has 2 atom stereocenters. The normalized spacial score (nSPS) is 26.1. The highest BCUT2D eigenvalue weighted by atomic mass is 32.2. The first kappa shape index (κ1) is 13.4. The van der Waals surface area contributed by atoms with Crippen molar-refractivity contribution in [3.63, 3.8) is 0 Å². The number of sulfonamides is 1. The minimum absolute atomic E-state index is 0.331. The maximum absolute atomic E-state index is 12.5. The smallest absolute Gasteiger partial charge is 0.243 e. The van der Waals surface area contributed by atoms with Crippen LogP contribution in [-0.4, -0.2) is 25.8 Å². The van der Waals surface area contributed by atoms with Gasteiger partial charge in [-0.1, -0.05) is 13.8 Å². The number of piperidine rings is 1. The average molecular weight is 268 g/mol. The van der Waals surface area contributed by atoms with Crippen molar-refractivity contribution in [1.29, 1.82) is 0 Å². The van der Waals surface area contributed by atoms with Crippen LogP contribution in [0.5, 0.6) is 0 Å². The molecule has 2 rings (SSSR count). The lowest BCUT2D eigenvalue weighted by atomic mass is 9.94. The molecule has 18 heavy (non-hydrogen) atoms. The molecule has 0 aliphatic carbocycles. The summed E-state index contributed by atoms with van der Waals surface area (Å²) in [6.45, 7) is 5.41. The number of hydrogen-bond donors (Lipinski definition) is 1.